The fourth-order valence-electron chi connectivity index (χ4n) is 1.49. The van der Waals surface area contributed by atoms with Crippen molar-refractivity contribution in [2.75, 3.05) is 11.9 Å². The maximum atomic E-state index is 13.0. The Morgan fingerprint density at radius 3 is 2.52 bits per heavy atom. The lowest BCUT2D eigenvalue weighted by Gasteiger charge is -2.05. The van der Waals surface area contributed by atoms with Crippen LogP contribution in [0.25, 0.3) is 0 Å². The molecule has 0 bridgehead atoms. The zero-order valence-corrected chi connectivity index (χ0v) is 11.4. The SMILES string of the molecule is NCC#Cc1cc(C(=O)Nc2cc(F)c(F)c(F)c2)cs1. The summed E-state index contributed by atoms with van der Waals surface area (Å²) in [6, 6.07) is 2.94. The molecular weight excluding hydrogens is 301 g/mol. The van der Waals surface area contributed by atoms with Crippen molar-refractivity contribution in [2.45, 2.75) is 0 Å². The van der Waals surface area contributed by atoms with Gasteiger partial charge < -0.3 is 11.1 Å². The number of carbonyl (C=O) groups excluding carboxylic acids is 1. The summed E-state index contributed by atoms with van der Waals surface area (Å²) in [5, 5.41) is 3.83. The average Bonchev–Trinajstić information content (AvgIpc) is 2.91. The molecule has 1 aromatic carbocycles. The van der Waals surface area contributed by atoms with Gasteiger partial charge in [-0.3, -0.25) is 4.79 Å². The molecule has 1 amide bonds. The lowest BCUT2D eigenvalue weighted by atomic mass is 10.2. The fourth-order valence-corrected chi connectivity index (χ4v) is 2.25. The summed E-state index contributed by atoms with van der Waals surface area (Å²) in [6.45, 7) is 0.202. The van der Waals surface area contributed by atoms with Crippen LogP contribution >= 0.6 is 11.3 Å². The second-order valence-electron chi connectivity index (χ2n) is 3.91. The Labute approximate surface area is 122 Å². The van der Waals surface area contributed by atoms with E-state index in [-0.39, 0.29) is 17.8 Å². The molecule has 0 fully saturated rings. The number of benzene rings is 1. The predicted octanol–water partition coefficient (Wildman–Crippen LogP) is 2.73. The largest absolute Gasteiger partial charge is 0.322 e. The molecule has 0 aliphatic heterocycles. The molecule has 0 saturated carbocycles. The molecule has 3 N–H and O–H groups in total. The second-order valence-corrected chi connectivity index (χ2v) is 4.82. The maximum absolute atomic E-state index is 13.0. The molecule has 3 nitrogen and oxygen atoms in total. The molecule has 0 atom stereocenters. The van der Waals surface area contributed by atoms with Crippen molar-refractivity contribution in [2.24, 2.45) is 5.73 Å². The van der Waals surface area contributed by atoms with Gasteiger partial charge in [0.1, 0.15) is 0 Å². The smallest absolute Gasteiger partial charge is 0.256 e. The van der Waals surface area contributed by atoms with Gasteiger partial charge in [-0.2, -0.15) is 0 Å². The highest BCUT2D eigenvalue weighted by molar-refractivity contribution is 7.10. The standard InChI is InChI=1S/C14H9F3N2OS/c15-11-5-9(6-12(16)13(11)17)19-14(20)8-4-10(21-7-8)2-1-3-18/h4-7H,3,18H2,(H,19,20). The van der Waals surface area contributed by atoms with E-state index in [4.69, 9.17) is 5.73 Å². The van der Waals surface area contributed by atoms with Crippen LogP contribution in [0.15, 0.2) is 23.6 Å². The second kappa shape index (κ2) is 6.43. The predicted molar refractivity (Wildman–Crippen MR) is 74.5 cm³/mol. The summed E-state index contributed by atoms with van der Waals surface area (Å²) in [5.74, 6) is 0.513. The van der Waals surface area contributed by atoms with Gasteiger partial charge in [-0.05, 0) is 6.07 Å². The third-order valence-electron chi connectivity index (χ3n) is 2.42. The van der Waals surface area contributed by atoms with Gasteiger partial charge in [0.2, 0.25) is 0 Å². The summed E-state index contributed by atoms with van der Waals surface area (Å²) in [4.78, 5) is 12.5. The number of halogens is 3. The van der Waals surface area contributed by atoms with Gasteiger partial charge in [-0.15, -0.1) is 11.3 Å². The Bertz CT molecular complexity index is 723. The van der Waals surface area contributed by atoms with Crippen LogP contribution in [0.4, 0.5) is 18.9 Å². The lowest BCUT2D eigenvalue weighted by Crippen LogP contribution is -2.11. The molecular formula is C14H9F3N2OS. The number of thiophene rings is 1. The van der Waals surface area contributed by atoms with Crippen LogP contribution in [0.3, 0.4) is 0 Å². The van der Waals surface area contributed by atoms with Gasteiger partial charge >= 0.3 is 0 Å². The van der Waals surface area contributed by atoms with Crippen LogP contribution in [-0.4, -0.2) is 12.5 Å². The van der Waals surface area contributed by atoms with Gasteiger partial charge in [0, 0.05) is 23.2 Å². The summed E-state index contributed by atoms with van der Waals surface area (Å²) in [5.41, 5.74) is 5.35. The number of amides is 1. The Hall–Kier alpha value is -2.30. The number of carbonyl (C=O) groups is 1. The zero-order chi connectivity index (χ0) is 15.4. The van der Waals surface area contributed by atoms with Crippen LogP contribution in [-0.2, 0) is 0 Å². The van der Waals surface area contributed by atoms with Gasteiger partial charge in [-0.25, -0.2) is 13.2 Å². The van der Waals surface area contributed by atoms with Crippen LogP contribution in [0, 0.1) is 29.3 Å². The van der Waals surface area contributed by atoms with Crippen molar-refractivity contribution >= 4 is 22.9 Å². The number of nitrogens with two attached hydrogens (primary N) is 1. The number of hydrogen-bond donors (Lipinski definition) is 2. The van der Waals surface area contributed by atoms with Gasteiger partial charge in [0.05, 0.1) is 17.0 Å². The molecule has 0 spiro atoms. The normalized spacial score (nSPS) is 9.90. The third kappa shape index (κ3) is 3.62. The Balaban J connectivity index is 2.16. The minimum atomic E-state index is -1.58. The fraction of sp³-hybridized carbons (Fsp3) is 0.0714. The molecule has 108 valence electrons. The zero-order valence-electron chi connectivity index (χ0n) is 10.5. The first kappa shape index (κ1) is 15.1. The minimum absolute atomic E-state index is 0.169. The molecule has 7 heteroatoms. The number of rotatable bonds is 2. The van der Waals surface area contributed by atoms with Crippen molar-refractivity contribution < 1.29 is 18.0 Å². The highest BCUT2D eigenvalue weighted by atomic mass is 32.1. The van der Waals surface area contributed by atoms with Crippen LogP contribution in [0.5, 0.6) is 0 Å². The van der Waals surface area contributed by atoms with Crippen LogP contribution < -0.4 is 11.1 Å². The quantitative estimate of drug-likeness (QED) is 0.662. The Morgan fingerprint density at radius 2 is 1.90 bits per heavy atom. The van der Waals surface area contributed by atoms with Crippen molar-refractivity contribution in [1.82, 2.24) is 0 Å². The summed E-state index contributed by atoms with van der Waals surface area (Å²) in [6.07, 6.45) is 0. The van der Waals surface area contributed by atoms with Crippen LogP contribution in [0.2, 0.25) is 0 Å². The summed E-state index contributed by atoms with van der Waals surface area (Å²) in [7, 11) is 0. The summed E-state index contributed by atoms with van der Waals surface area (Å²) >= 11 is 1.24. The van der Waals surface area contributed by atoms with E-state index >= 15 is 0 Å². The molecule has 0 saturated heterocycles. The molecule has 0 radical (unpaired) electrons. The molecule has 0 unspecified atom stereocenters. The molecule has 2 aromatic rings. The minimum Gasteiger partial charge on any atom is -0.322 e. The number of hydrogen-bond acceptors (Lipinski definition) is 3. The highest BCUT2D eigenvalue weighted by Gasteiger charge is 2.13. The van der Waals surface area contributed by atoms with Crippen molar-refractivity contribution in [3.8, 4) is 11.8 Å². The van der Waals surface area contributed by atoms with Gasteiger partial charge in [-0.1, -0.05) is 11.8 Å². The van der Waals surface area contributed by atoms with Gasteiger partial charge in [0.25, 0.3) is 5.91 Å². The van der Waals surface area contributed by atoms with E-state index in [0.29, 0.717) is 17.0 Å². The molecule has 21 heavy (non-hydrogen) atoms. The number of anilines is 1. The molecule has 1 aromatic heterocycles. The molecule has 2 rings (SSSR count). The number of nitrogens with one attached hydrogen (secondary N) is 1. The van der Waals surface area contributed by atoms with E-state index in [1.807, 2.05) is 0 Å². The van der Waals surface area contributed by atoms with Crippen molar-refractivity contribution in [1.29, 1.82) is 0 Å². The van der Waals surface area contributed by atoms with E-state index in [0.717, 1.165) is 0 Å². The first-order valence-electron chi connectivity index (χ1n) is 5.74. The highest BCUT2D eigenvalue weighted by Crippen LogP contribution is 2.19. The van der Waals surface area contributed by atoms with E-state index in [1.54, 1.807) is 5.38 Å². The van der Waals surface area contributed by atoms with Crippen molar-refractivity contribution in [3.05, 3.63) is 51.5 Å². The average molecular weight is 310 g/mol. The van der Waals surface area contributed by atoms with Crippen LogP contribution in [0.1, 0.15) is 15.2 Å². The Kier molecular flexibility index (Phi) is 4.62. The van der Waals surface area contributed by atoms with Gasteiger partial charge in [0.15, 0.2) is 17.5 Å². The molecule has 0 aliphatic rings. The topological polar surface area (TPSA) is 55.1 Å². The van der Waals surface area contributed by atoms with E-state index in [9.17, 15) is 18.0 Å². The third-order valence-corrected chi connectivity index (χ3v) is 3.26. The first-order chi connectivity index (χ1) is 10.0. The monoisotopic (exact) mass is 310 g/mol. The van der Waals surface area contributed by atoms with E-state index in [2.05, 4.69) is 17.2 Å². The summed E-state index contributed by atoms with van der Waals surface area (Å²) < 4.78 is 38.9. The molecule has 1 heterocycles. The van der Waals surface area contributed by atoms with Crippen molar-refractivity contribution in [3.63, 3.8) is 0 Å². The Morgan fingerprint density at radius 1 is 1.24 bits per heavy atom. The lowest BCUT2D eigenvalue weighted by molar-refractivity contribution is 0.102. The molecule has 0 aliphatic carbocycles. The van der Waals surface area contributed by atoms with E-state index in [1.165, 1.54) is 17.4 Å². The maximum Gasteiger partial charge on any atom is 0.256 e. The first-order valence-corrected chi connectivity index (χ1v) is 6.62. The van der Waals surface area contributed by atoms with E-state index < -0.39 is 23.4 Å².